The molecule has 2 amide bonds. The fourth-order valence-corrected chi connectivity index (χ4v) is 3.89. The zero-order valence-electron chi connectivity index (χ0n) is 17.2. The van der Waals surface area contributed by atoms with Crippen LogP contribution in [-0.2, 0) is 5.75 Å². The molecule has 3 aromatic rings. The highest BCUT2D eigenvalue weighted by molar-refractivity contribution is 7.98. The van der Waals surface area contributed by atoms with Crippen LogP contribution in [0.1, 0.15) is 40.1 Å². The van der Waals surface area contributed by atoms with E-state index in [0.717, 1.165) is 10.6 Å². The Morgan fingerprint density at radius 3 is 2.17 bits per heavy atom. The molecule has 0 spiro atoms. The maximum atomic E-state index is 13.0. The van der Waals surface area contributed by atoms with Crippen molar-refractivity contribution in [1.82, 2.24) is 5.32 Å². The number of hydrogen-bond acceptors (Lipinski definition) is 3. The Morgan fingerprint density at radius 1 is 0.800 bits per heavy atom. The minimum Gasteiger partial charge on any atom is -0.352 e. The van der Waals surface area contributed by atoms with Crippen LogP contribution in [0.3, 0.4) is 0 Å². The number of amides is 2. The van der Waals surface area contributed by atoms with Crippen molar-refractivity contribution in [3.8, 4) is 0 Å². The third-order valence-corrected chi connectivity index (χ3v) is 5.60. The van der Waals surface area contributed by atoms with Gasteiger partial charge in [0, 0.05) is 17.2 Å². The molecular formula is C25H26N2O2S. The van der Waals surface area contributed by atoms with Gasteiger partial charge in [0.25, 0.3) is 11.8 Å². The standard InChI is InChI=1S/C25H26N2O2S/c1-18(2)16-26-24(28)20-12-6-8-14-22(20)27-25(29)21-13-7-9-15-23(21)30-17-19-10-4-3-5-11-19/h3-15,18H,16-17H2,1-2H3,(H,26,28)(H,27,29). The Morgan fingerprint density at radius 2 is 1.43 bits per heavy atom. The molecule has 30 heavy (non-hydrogen) atoms. The molecule has 0 saturated carbocycles. The lowest BCUT2D eigenvalue weighted by Crippen LogP contribution is -2.28. The summed E-state index contributed by atoms with van der Waals surface area (Å²) in [6.45, 7) is 4.66. The van der Waals surface area contributed by atoms with Gasteiger partial charge < -0.3 is 10.6 Å². The maximum absolute atomic E-state index is 13.0. The average molecular weight is 419 g/mol. The third kappa shape index (κ3) is 5.97. The minimum atomic E-state index is -0.227. The molecule has 3 rings (SSSR count). The highest BCUT2D eigenvalue weighted by atomic mass is 32.2. The smallest absolute Gasteiger partial charge is 0.256 e. The molecule has 0 aliphatic carbocycles. The van der Waals surface area contributed by atoms with Crippen LogP contribution in [-0.4, -0.2) is 18.4 Å². The van der Waals surface area contributed by atoms with E-state index in [1.807, 2.05) is 62.4 Å². The third-order valence-electron chi connectivity index (χ3n) is 4.46. The van der Waals surface area contributed by atoms with E-state index in [-0.39, 0.29) is 11.8 Å². The molecule has 3 aromatic carbocycles. The van der Waals surface area contributed by atoms with Gasteiger partial charge in [0.15, 0.2) is 0 Å². The van der Waals surface area contributed by atoms with Gasteiger partial charge in [0.1, 0.15) is 0 Å². The van der Waals surface area contributed by atoms with Crippen LogP contribution in [0.5, 0.6) is 0 Å². The molecule has 4 nitrogen and oxygen atoms in total. The summed E-state index contributed by atoms with van der Waals surface area (Å²) < 4.78 is 0. The van der Waals surface area contributed by atoms with Crippen molar-refractivity contribution in [2.75, 3.05) is 11.9 Å². The number of nitrogens with one attached hydrogen (secondary N) is 2. The number of carbonyl (C=O) groups excluding carboxylic acids is 2. The Kier molecular flexibility index (Phi) is 7.69. The summed E-state index contributed by atoms with van der Waals surface area (Å²) in [6, 6.07) is 24.8. The van der Waals surface area contributed by atoms with E-state index >= 15 is 0 Å². The van der Waals surface area contributed by atoms with E-state index in [1.165, 1.54) is 5.56 Å². The number of rotatable bonds is 8. The van der Waals surface area contributed by atoms with Gasteiger partial charge in [-0.1, -0.05) is 68.4 Å². The fraction of sp³-hybridized carbons (Fsp3) is 0.200. The minimum absolute atomic E-state index is 0.189. The quantitative estimate of drug-likeness (QED) is 0.467. The molecule has 0 fully saturated rings. The molecule has 0 aromatic heterocycles. The second-order valence-corrected chi connectivity index (χ2v) is 8.39. The lowest BCUT2D eigenvalue weighted by atomic mass is 10.1. The van der Waals surface area contributed by atoms with Crippen molar-refractivity contribution in [2.24, 2.45) is 5.92 Å². The van der Waals surface area contributed by atoms with Gasteiger partial charge in [-0.25, -0.2) is 0 Å². The molecule has 0 heterocycles. The van der Waals surface area contributed by atoms with E-state index in [2.05, 4.69) is 22.8 Å². The first-order chi connectivity index (χ1) is 14.5. The average Bonchev–Trinajstić information content (AvgIpc) is 2.77. The SMILES string of the molecule is CC(C)CNC(=O)c1ccccc1NC(=O)c1ccccc1SCc1ccccc1. The normalized spacial score (nSPS) is 10.6. The van der Waals surface area contributed by atoms with Crippen molar-refractivity contribution in [2.45, 2.75) is 24.5 Å². The zero-order chi connectivity index (χ0) is 21.3. The van der Waals surface area contributed by atoms with Gasteiger partial charge >= 0.3 is 0 Å². The molecule has 0 atom stereocenters. The largest absolute Gasteiger partial charge is 0.352 e. The van der Waals surface area contributed by atoms with Crippen molar-refractivity contribution < 1.29 is 9.59 Å². The van der Waals surface area contributed by atoms with Crippen LogP contribution >= 0.6 is 11.8 Å². The molecule has 0 unspecified atom stereocenters. The Bertz CT molecular complexity index is 1000. The molecule has 5 heteroatoms. The van der Waals surface area contributed by atoms with Crippen LogP contribution in [0.25, 0.3) is 0 Å². The number of carbonyl (C=O) groups is 2. The number of anilines is 1. The molecule has 0 bridgehead atoms. The molecule has 0 aliphatic heterocycles. The molecule has 0 aliphatic rings. The predicted octanol–water partition coefficient (Wildman–Crippen LogP) is 5.62. The fourth-order valence-electron chi connectivity index (χ4n) is 2.89. The first-order valence-corrected chi connectivity index (χ1v) is 11.0. The Hall–Kier alpha value is -3.05. The zero-order valence-corrected chi connectivity index (χ0v) is 18.0. The number of hydrogen-bond donors (Lipinski definition) is 2. The summed E-state index contributed by atoms with van der Waals surface area (Å²) in [4.78, 5) is 26.5. The van der Waals surface area contributed by atoms with Crippen LogP contribution in [0.2, 0.25) is 0 Å². The summed E-state index contributed by atoms with van der Waals surface area (Å²) in [5.74, 6) is 0.713. The van der Waals surface area contributed by atoms with Crippen LogP contribution in [0, 0.1) is 5.92 Å². The van der Waals surface area contributed by atoms with Crippen LogP contribution < -0.4 is 10.6 Å². The highest BCUT2D eigenvalue weighted by Gasteiger charge is 2.16. The first kappa shape index (κ1) is 21.7. The van der Waals surface area contributed by atoms with Crippen molar-refractivity contribution in [3.63, 3.8) is 0 Å². The Labute approximate surface area is 182 Å². The van der Waals surface area contributed by atoms with Gasteiger partial charge in [0.2, 0.25) is 0 Å². The second kappa shape index (κ2) is 10.6. The molecular weight excluding hydrogens is 392 g/mol. The first-order valence-electron chi connectivity index (χ1n) is 9.99. The molecule has 0 radical (unpaired) electrons. The van der Waals surface area contributed by atoms with Gasteiger partial charge in [-0.15, -0.1) is 11.8 Å². The van der Waals surface area contributed by atoms with E-state index in [4.69, 9.17) is 0 Å². The van der Waals surface area contributed by atoms with E-state index in [1.54, 1.807) is 30.0 Å². The van der Waals surface area contributed by atoms with Gasteiger partial charge in [-0.2, -0.15) is 0 Å². The lowest BCUT2D eigenvalue weighted by molar-refractivity contribution is 0.0950. The number of para-hydroxylation sites is 1. The van der Waals surface area contributed by atoms with E-state index < -0.39 is 0 Å². The van der Waals surface area contributed by atoms with Crippen molar-refractivity contribution >= 4 is 29.3 Å². The van der Waals surface area contributed by atoms with Crippen molar-refractivity contribution in [1.29, 1.82) is 0 Å². The monoisotopic (exact) mass is 418 g/mol. The summed E-state index contributed by atoms with van der Waals surface area (Å²) in [6.07, 6.45) is 0. The maximum Gasteiger partial charge on any atom is 0.256 e. The van der Waals surface area contributed by atoms with Crippen LogP contribution in [0.4, 0.5) is 5.69 Å². The summed E-state index contributed by atoms with van der Waals surface area (Å²) >= 11 is 1.62. The highest BCUT2D eigenvalue weighted by Crippen LogP contribution is 2.27. The summed E-state index contributed by atoms with van der Waals surface area (Å²) in [5.41, 5.74) is 2.76. The van der Waals surface area contributed by atoms with E-state index in [0.29, 0.717) is 29.3 Å². The summed E-state index contributed by atoms with van der Waals surface area (Å²) in [7, 11) is 0. The lowest BCUT2D eigenvalue weighted by Gasteiger charge is -2.14. The van der Waals surface area contributed by atoms with Gasteiger partial charge in [-0.05, 0) is 35.7 Å². The predicted molar refractivity (Wildman–Crippen MR) is 124 cm³/mol. The molecule has 0 saturated heterocycles. The van der Waals surface area contributed by atoms with E-state index in [9.17, 15) is 9.59 Å². The summed E-state index contributed by atoms with van der Waals surface area (Å²) in [5, 5.41) is 5.83. The second-order valence-electron chi connectivity index (χ2n) is 7.37. The molecule has 154 valence electrons. The number of benzene rings is 3. The van der Waals surface area contributed by atoms with Crippen LogP contribution in [0.15, 0.2) is 83.8 Å². The van der Waals surface area contributed by atoms with Gasteiger partial charge in [0.05, 0.1) is 16.8 Å². The van der Waals surface area contributed by atoms with Crippen molar-refractivity contribution in [3.05, 3.63) is 95.6 Å². The van der Waals surface area contributed by atoms with Gasteiger partial charge in [-0.3, -0.25) is 9.59 Å². The number of thioether (sulfide) groups is 1. The Balaban J connectivity index is 1.75. The molecule has 2 N–H and O–H groups in total. The topological polar surface area (TPSA) is 58.2 Å².